The molecule has 2 aromatic heterocycles. The molecule has 8 nitrogen and oxygen atoms in total. The summed E-state index contributed by atoms with van der Waals surface area (Å²) in [5, 5.41) is 10.2. The Bertz CT molecular complexity index is 1460. The van der Waals surface area contributed by atoms with E-state index in [0.717, 1.165) is 46.6 Å². The van der Waals surface area contributed by atoms with E-state index in [0.29, 0.717) is 43.9 Å². The Kier molecular flexibility index (Phi) is 6.68. The number of rotatable bonds is 3. The number of halogens is 1. The number of aromatic nitrogens is 2. The van der Waals surface area contributed by atoms with Gasteiger partial charge >= 0.3 is 6.09 Å². The summed E-state index contributed by atoms with van der Waals surface area (Å²) in [4.78, 5) is 21.9. The van der Waals surface area contributed by atoms with Crippen molar-refractivity contribution in [2.45, 2.75) is 19.6 Å². The van der Waals surface area contributed by atoms with Gasteiger partial charge in [-0.15, -0.1) is 12.4 Å². The number of amides is 1. The Balaban J connectivity index is 0.00000267. The number of carbonyl (C=O) groups excluding carboxylic acids is 1. The molecule has 0 saturated carbocycles. The van der Waals surface area contributed by atoms with Crippen LogP contribution in [0.1, 0.15) is 22.3 Å². The predicted molar refractivity (Wildman–Crippen MR) is 138 cm³/mol. The van der Waals surface area contributed by atoms with Crippen molar-refractivity contribution >= 4 is 41.0 Å². The van der Waals surface area contributed by atoms with Gasteiger partial charge in [0.2, 0.25) is 0 Å². The number of ether oxygens (including phenoxy) is 2. The molecule has 1 saturated heterocycles. The molecule has 6 rings (SSSR count). The Morgan fingerprint density at radius 1 is 1.03 bits per heavy atom. The minimum absolute atomic E-state index is 0. The number of para-hydroxylation sites is 2. The third-order valence-corrected chi connectivity index (χ3v) is 6.80. The minimum Gasteiger partial charge on any atom is -0.445 e. The second-order valence-electron chi connectivity index (χ2n) is 8.84. The lowest BCUT2D eigenvalue weighted by Crippen LogP contribution is -2.41. The van der Waals surface area contributed by atoms with Gasteiger partial charge in [0.25, 0.3) is 0 Å². The van der Waals surface area contributed by atoms with Gasteiger partial charge in [0.05, 0.1) is 36.4 Å². The van der Waals surface area contributed by atoms with Crippen LogP contribution in [0.3, 0.4) is 0 Å². The summed E-state index contributed by atoms with van der Waals surface area (Å²) in [6, 6.07) is 20.0. The summed E-state index contributed by atoms with van der Waals surface area (Å²) in [5.74, 6) is 0.992. The van der Waals surface area contributed by atoms with Crippen LogP contribution in [0.15, 0.2) is 54.6 Å². The molecule has 0 N–H and O–H groups in total. The number of carbonyl (C=O) groups is 1. The largest absolute Gasteiger partial charge is 0.445 e. The normalized spacial score (nSPS) is 15.3. The molecular formula is C27H26ClN5O3. The maximum Gasteiger partial charge on any atom is 0.410 e. The van der Waals surface area contributed by atoms with E-state index in [2.05, 4.69) is 15.4 Å². The Morgan fingerprint density at radius 3 is 2.56 bits per heavy atom. The first kappa shape index (κ1) is 23.9. The monoisotopic (exact) mass is 503 g/mol. The third kappa shape index (κ3) is 4.11. The molecule has 0 atom stereocenters. The van der Waals surface area contributed by atoms with E-state index in [-0.39, 0.29) is 25.1 Å². The molecule has 2 aromatic carbocycles. The van der Waals surface area contributed by atoms with Crippen molar-refractivity contribution in [2.75, 3.05) is 37.7 Å². The fourth-order valence-corrected chi connectivity index (χ4v) is 5.11. The quantitative estimate of drug-likeness (QED) is 0.414. The Labute approximate surface area is 215 Å². The highest BCUT2D eigenvalue weighted by atomic mass is 35.5. The number of pyridine rings is 1. The minimum atomic E-state index is -0.346. The van der Waals surface area contributed by atoms with Crippen LogP contribution in [0.5, 0.6) is 0 Å². The second-order valence-corrected chi connectivity index (χ2v) is 8.84. The molecule has 0 unspecified atom stereocenters. The van der Waals surface area contributed by atoms with Crippen LogP contribution in [0.2, 0.25) is 0 Å². The molecule has 184 valence electrons. The Morgan fingerprint density at radius 2 is 1.78 bits per heavy atom. The van der Waals surface area contributed by atoms with Gasteiger partial charge in [0.1, 0.15) is 18.5 Å². The number of hydrogen-bond acceptors (Lipinski definition) is 6. The molecule has 4 aromatic rings. The van der Waals surface area contributed by atoms with Crippen molar-refractivity contribution in [3.05, 3.63) is 76.9 Å². The van der Waals surface area contributed by atoms with Gasteiger partial charge < -0.3 is 19.3 Å². The summed E-state index contributed by atoms with van der Waals surface area (Å²) in [6.45, 7) is 3.84. The standard InChI is InChI=1S/C27H25N5O3.ClH/c28-16-21-20-10-11-31(27(33)35-18-19-6-2-1-3-7-19)17-22(20)26(30-12-14-34-15-13-30)32-24-9-5-4-8-23(24)29-25(21)32;/h1-9H,10-15,17-18H2;1H. The average Bonchev–Trinajstić information content (AvgIpc) is 3.30. The number of nitriles is 1. The topological polar surface area (TPSA) is 83.1 Å². The number of nitrogens with zero attached hydrogens (tertiary/aromatic N) is 5. The van der Waals surface area contributed by atoms with E-state index in [1.165, 1.54) is 0 Å². The number of anilines is 1. The molecule has 4 heterocycles. The van der Waals surface area contributed by atoms with Crippen LogP contribution in [0, 0.1) is 11.3 Å². The molecule has 9 heteroatoms. The zero-order valence-corrected chi connectivity index (χ0v) is 20.5. The summed E-state index contributed by atoms with van der Waals surface area (Å²) in [7, 11) is 0. The van der Waals surface area contributed by atoms with Crippen molar-refractivity contribution in [1.82, 2.24) is 14.3 Å². The highest BCUT2D eigenvalue weighted by molar-refractivity contribution is 5.87. The summed E-state index contributed by atoms with van der Waals surface area (Å²) >= 11 is 0. The number of morpholine rings is 1. The van der Waals surface area contributed by atoms with Crippen LogP contribution in [0.25, 0.3) is 16.7 Å². The predicted octanol–water partition coefficient (Wildman–Crippen LogP) is 4.31. The van der Waals surface area contributed by atoms with Crippen LogP contribution in [0.4, 0.5) is 10.6 Å². The molecule has 36 heavy (non-hydrogen) atoms. The van der Waals surface area contributed by atoms with Crippen LogP contribution in [-0.2, 0) is 29.0 Å². The van der Waals surface area contributed by atoms with Crippen LogP contribution in [-0.4, -0.2) is 53.2 Å². The van der Waals surface area contributed by atoms with Gasteiger partial charge in [0.15, 0.2) is 5.65 Å². The lowest BCUT2D eigenvalue weighted by Gasteiger charge is -2.36. The molecule has 0 aliphatic carbocycles. The lowest BCUT2D eigenvalue weighted by molar-refractivity contribution is 0.0916. The zero-order valence-electron chi connectivity index (χ0n) is 19.7. The number of hydrogen-bond donors (Lipinski definition) is 0. The smallest absolute Gasteiger partial charge is 0.410 e. The molecule has 0 radical (unpaired) electrons. The first-order valence-electron chi connectivity index (χ1n) is 11.9. The summed E-state index contributed by atoms with van der Waals surface area (Å²) in [6.07, 6.45) is 0.233. The number of benzene rings is 2. The van der Waals surface area contributed by atoms with Crippen LogP contribution < -0.4 is 4.90 Å². The van der Waals surface area contributed by atoms with Gasteiger partial charge in [-0.3, -0.25) is 4.40 Å². The fourth-order valence-electron chi connectivity index (χ4n) is 5.11. The zero-order chi connectivity index (χ0) is 23.8. The third-order valence-electron chi connectivity index (χ3n) is 6.80. The highest BCUT2D eigenvalue weighted by Crippen LogP contribution is 2.37. The fraction of sp³-hybridized carbons (Fsp3) is 0.296. The van der Waals surface area contributed by atoms with Gasteiger partial charge in [0, 0.05) is 25.2 Å². The molecule has 1 amide bonds. The van der Waals surface area contributed by atoms with E-state index in [1.807, 2.05) is 54.6 Å². The van der Waals surface area contributed by atoms with E-state index in [1.54, 1.807) is 4.90 Å². The van der Waals surface area contributed by atoms with E-state index in [4.69, 9.17) is 14.5 Å². The number of fused-ring (bicyclic) bond motifs is 4. The maximum atomic E-state index is 13.0. The van der Waals surface area contributed by atoms with Gasteiger partial charge in [-0.05, 0) is 29.7 Å². The van der Waals surface area contributed by atoms with Crippen molar-refractivity contribution in [2.24, 2.45) is 0 Å². The van der Waals surface area contributed by atoms with Crippen molar-refractivity contribution in [3.63, 3.8) is 0 Å². The SMILES string of the molecule is Cl.N#Cc1c2c(c(N3CCOCC3)n3c1nc1ccccc13)CN(C(=O)OCc1ccccc1)CC2. The van der Waals surface area contributed by atoms with Crippen molar-refractivity contribution in [1.29, 1.82) is 5.26 Å². The summed E-state index contributed by atoms with van der Waals surface area (Å²) in [5.41, 5.74) is 5.98. The molecule has 0 spiro atoms. The first-order valence-corrected chi connectivity index (χ1v) is 11.9. The maximum absolute atomic E-state index is 13.0. The van der Waals surface area contributed by atoms with Crippen LogP contribution >= 0.6 is 12.4 Å². The van der Waals surface area contributed by atoms with Crippen molar-refractivity contribution < 1.29 is 14.3 Å². The molecular weight excluding hydrogens is 478 g/mol. The van der Waals surface area contributed by atoms with E-state index in [9.17, 15) is 10.1 Å². The number of imidazole rings is 1. The van der Waals surface area contributed by atoms with Crippen molar-refractivity contribution in [3.8, 4) is 6.07 Å². The average molecular weight is 504 g/mol. The highest BCUT2D eigenvalue weighted by Gasteiger charge is 2.32. The molecule has 1 fully saturated rings. The molecule has 0 bridgehead atoms. The van der Waals surface area contributed by atoms with Gasteiger partial charge in [-0.25, -0.2) is 9.78 Å². The molecule has 2 aliphatic rings. The second kappa shape index (κ2) is 10.1. The molecule has 2 aliphatic heterocycles. The van der Waals surface area contributed by atoms with E-state index >= 15 is 0 Å². The van der Waals surface area contributed by atoms with Gasteiger partial charge in [-0.2, -0.15) is 5.26 Å². The summed E-state index contributed by atoms with van der Waals surface area (Å²) < 4.78 is 13.4. The van der Waals surface area contributed by atoms with Gasteiger partial charge in [-0.1, -0.05) is 42.5 Å². The first-order chi connectivity index (χ1) is 17.2. The lowest BCUT2D eigenvalue weighted by atomic mass is 9.95. The Hall–Kier alpha value is -3.80. The van der Waals surface area contributed by atoms with E-state index < -0.39 is 0 Å².